The average molecular weight is 265 g/mol. The van der Waals surface area contributed by atoms with Crippen LogP contribution in [0.3, 0.4) is 0 Å². The first kappa shape index (κ1) is 12.5. The van der Waals surface area contributed by atoms with Gasteiger partial charge in [-0.25, -0.2) is 0 Å². The second-order valence-electron chi connectivity index (χ2n) is 4.73. The molecule has 1 heterocycles. The first-order valence-corrected chi connectivity index (χ1v) is 6.49. The van der Waals surface area contributed by atoms with Crippen LogP contribution in [0.5, 0.6) is 5.75 Å². The summed E-state index contributed by atoms with van der Waals surface area (Å²) >= 11 is 0. The molecule has 3 rings (SSSR count). The summed E-state index contributed by atoms with van der Waals surface area (Å²) in [4.78, 5) is 15.4. The highest BCUT2D eigenvalue weighted by Gasteiger charge is 2.08. The van der Waals surface area contributed by atoms with Crippen molar-refractivity contribution in [2.45, 2.75) is 6.42 Å². The molecule has 1 aromatic heterocycles. The van der Waals surface area contributed by atoms with Gasteiger partial charge in [-0.2, -0.15) is 0 Å². The summed E-state index contributed by atoms with van der Waals surface area (Å²) in [5.41, 5.74) is 2.82. The molecule has 0 bridgehead atoms. The Morgan fingerprint density at radius 1 is 1.10 bits per heavy atom. The SMILES string of the molecule is COc1ccc(C(=O)Cc2ccc3[nH]ccc3c2)cc1. The molecule has 0 fully saturated rings. The van der Waals surface area contributed by atoms with Gasteiger partial charge >= 0.3 is 0 Å². The molecule has 0 saturated heterocycles. The lowest BCUT2D eigenvalue weighted by Gasteiger charge is -2.04. The van der Waals surface area contributed by atoms with Gasteiger partial charge in [0.25, 0.3) is 0 Å². The van der Waals surface area contributed by atoms with Crippen LogP contribution >= 0.6 is 0 Å². The van der Waals surface area contributed by atoms with Gasteiger partial charge in [-0.15, -0.1) is 0 Å². The Morgan fingerprint density at radius 3 is 2.65 bits per heavy atom. The zero-order valence-corrected chi connectivity index (χ0v) is 11.2. The van der Waals surface area contributed by atoms with Crippen molar-refractivity contribution in [3.63, 3.8) is 0 Å². The number of aromatic amines is 1. The van der Waals surface area contributed by atoms with E-state index in [4.69, 9.17) is 4.74 Å². The summed E-state index contributed by atoms with van der Waals surface area (Å²) in [7, 11) is 1.61. The van der Waals surface area contributed by atoms with Gasteiger partial charge in [0.15, 0.2) is 5.78 Å². The van der Waals surface area contributed by atoms with Crippen molar-refractivity contribution >= 4 is 16.7 Å². The molecule has 0 radical (unpaired) electrons. The largest absolute Gasteiger partial charge is 0.497 e. The number of carbonyl (C=O) groups is 1. The number of Topliss-reactive ketones (excluding diaryl/α,β-unsaturated/α-hetero) is 1. The molecular formula is C17H15NO2. The smallest absolute Gasteiger partial charge is 0.167 e. The number of carbonyl (C=O) groups excluding carboxylic acids is 1. The number of methoxy groups -OCH3 is 1. The van der Waals surface area contributed by atoms with E-state index in [1.165, 1.54) is 0 Å². The van der Waals surface area contributed by atoms with E-state index in [9.17, 15) is 4.79 Å². The summed E-state index contributed by atoms with van der Waals surface area (Å²) in [6.07, 6.45) is 2.31. The average Bonchev–Trinajstić information content (AvgIpc) is 2.95. The van der Waals surface area contributed by atoms with Crippen LogP contribution in [0.1, 0.15) is 15.9 Å². The van der Waals surface area contributed by atoms with Crippen LogP contribution < -0.4 is 4.74 Å². The Hall–Kier alpha value is -2.55. The first-order chi connectivity index (χ1) is 9.76. The molecule has 3 heteroatoms. The fourth-order valence-corrected chi connectivity index (χ4v) is 2.28. The molecule has 0 aliphatic carbocycles. The lowest BCUT2D eigenvalue weighted by Crippen LogP contribution is -2.03. The van der Waals surface area contributed by atoms with Crippen LogP contribution in [0, 0.1) is 0 Å². The Bertz CT molecular complexity index is 741. The molecule has 0 atom stereocenters. The van der Waals surface area contributed by atoms with E-state index in [0.717, 1.165) is 22.2 Å². The standard InChI is InChI=1S/C17H15NO2/c1-20-15-5-3-13(4-6-15)17(19)11-12-2-7-16-14(10-12)8-9-18-16/h2-10,18H,11H2,1H3. The van der Waals surface area contributed by atoms with Crippen molar-refractivity contribution in [3.05, 3.63) is 65.9 Å². The molecule has 100 valence electrons. The van der Waals surface area contributed by atoms with Crippen molar-refractivity contribution < 1.29 is 9.53 Å². The zero-order valence-electron chi connectivity index (χ0n) is 11.2. The normalized spacial score (nSPS) is 10.7. The molecule has 0 aliphatic heterocycles. The fraction of sp³-hybridized carbons (Fsp3) is 0.118. The van der Waals surface area contributed by atoms with E-state index >= 15 is 0 Å². The summed E-state index contributed by atoms with van der Waals surface area (Å²) in [5, 5.41) is 1.13. The number of H-pyrrole nitrogens is 1. The lowest BCUT2D eigenvalue weighted by atomic mass is 10.0. The summed E-state index contributed by atoms with van der Waals surface area (Å²) < 4.78 is 5.09. The number of ketones is 1. The number of ether oxygens (including phenoxy) is 1. The summed E-state index contributed by atoms with van der Waals surface area (Å²) in [6, 6.07) is 15.3. The number of hydrogen-bond acceptors (Lipinski definition) is 2. The number of fused-ring (bicyclic) bond motifs is 1. The van der Waals surface area contributed by atoms with Crippen molar-refractivity contribution in [2.24, 2.45) is 0 Å². The van der Waals surface area contributed by atoms with E-state index in [2.05, 4.69) is 4.98 Å². The molecule has 3 nitrogen and oxygen atoms in total. The highest BCUT2D eigenvalue weighted by molar-refractivity contribution is 5.98. The van der Waals surface area contributed by atoms with Gasteiger partial charge in [-0.1, -0.05) is 6.07 Å². The Balaban J connectivity index is 1.80. The molecule has 3 aromatic rings. The van der Waals surface area contributed by atoms with Crippen molar-refractivity contribution in [1.29, 1.82) is 0 Å². The third-order valence-electron chi connectivity index (χ3n) is 3.39. The minimum absolute atomic E-state index is 0.113. The number of aromatic nitrogens is 1. The first-order valence-electron chi connectivity index (χ1n) is 6.49. The van der Waals surface area contributed by atoms with E-state index in [-0.39, 0.29) is 5.78 Å². The monoisotopic (exact) mass is 265 g/mol. The maximum atomic E-state index is 12.2. The van der Waals surface area contributed by atoms with Gasteiger partial charge in [0, 0.05) is 23.7 Å². The van der Waals surface area contributed by atoms with Crippen molar-refractivity contribution in [1.82, 2.24) is 4.98 Å². The van der Waals surface area contributed by atoms with Gasteiger partial charge in [0.2, 0.25) is 0 Å². The number of benzene rings is 2. The maximum absolute atomic E-state index is 12.2. The number of hydrogen-bond donors (Lipinski definition) is 1. The van der Waals surface area contributed by atoms with Crippen LogP contribution in [0.25, 0.3) is 10.9 Å². The number of nitrogens with one attached hydrogen (secondary N) is 1. The predicted molar refractivity (Wildman–Crippen MR) is 79.3 cm³/mol. The fourth-order valence-electron chi connectivity index (χ4n) is 2.28. The maximum Gasteiger partial charge on any atom is 0.167 e. The zero-order chi connectivity index (χ0) is 13.9. The second-order valence-corrected chi connectivity index (χ2v) is 4.73. The number of rotatable bonds is 4. The molecule has 2 aromatic carbocycles. The molecule has 0 aliphatic rings. The van der Waals surface area contributed by atoms with Gasteiger partial charge in [-0.3, -0.25) is 4.79 Å². The highest BCUT2D eigenvalue weighted by atomic mass is 16.5. The highest BCUT2D eigenvalue weighted by Crippen LogP contribution is 2.17. The molecular weight excluding hydrogens is 250 g/mol. The molecule has 0 unspecified atom stereocenters. The molecule has 1 N–H and O–H groups in total. The van der Waals surface area contributed by atoms with Crippen LogP contribution in [-0.2, 0) is 6.42 Å². The molecule has 20 heavy (non-hydrogen) atoms. The van der Waals surface area contributed by atoms with Gasteiger partial charge in [0.1, 0.15) is 5.75 Å². The second kappa shape index (κ2) is 5.21. The van der Waals surface area contributed by atoms with E-state index in [1.54, 1.807) is 19.2 Å². The van der Waals surface area contributed by atoms with Crippen LogP contribution in [0.4, 0.5) is 0 Å². The van der Waals surface area contributed by atoms with Crippen molar-refractivity contribution in [3.8, 4) is 5.75 Å². The van der Waals surface area contributed by atoms with E-state index in [1.807, 2.05) is 42.6 Å². The van der Waals surface area contributed by atoms with E-state index in [0.29, 0.717) is 12.0 Å². The minimum Gasteiger partial charge on any atom is -0.497 e. The predicted octanol–water partition coefficient (Wildman–Crippen LogP) is 3.60. The Morgan fingerprint density at radius 2 is 1.90 bits per heavy atom. The summed E-state index contributed by atoms with van der Waals surface area (Å²) in [6.45, 7) is 0. The van der Waals surface area contributed by atoms with Gasteiger partial charge in [0.05, 0.1) is 7.11 Å². The van der Waals surface area contributed by atoms with Crippen molar-refractivity contribution in [2.75, 3.05) is 7.11 Å². The molecule has 0 saturated carbocycles. The van der Waals surface area contributed by atoms with Crippen LogP contribution in [0.15, 0.2) is 54.7 Å². The van der Waals surface area contributed by atoms with Gasteiger partial charge in [-0.05, 0) is 53.4 Å². The minimum atomic E-state index is 0.113. The van der Waals surface area contributed by atoms with Crippen LogP contribution in [0.2, 0.25) is 0 Å². The Kier molecular flexibility index (Phi) is 3.25. The third-order valence-corrected chi connectivity index (χ3v) is 3.39. The summed E-state index contributed by atoms with van der Waals surface area (Å²) in [5.74, 6) is 0.873. The third kappa shape index (κ3) is 2.43. The van der Waals surface area contributed by atoms with Gasteiger partial charge < -0.3 is 9.72 Å². The molecule has 0 amide bonds. The molecule has 0 spiro atoms. The Labute approximate surface area is 117 Å². The quantitative estimate of drug-likeness (QED) is 0.732. The topological polar surface area (TPSA) is 42.1 Å². The lowest BCUT2D eigenvalue weighted by molar-refractivity contribution is 0.0993. The van der Waals surface area contributed by atoms with E-state index < -0.39 is 0 Å². The van der Waals surface area contributed by atoms with Crippen LogP contribution in [-0.4, -0.2) is 17.9 Å².